The highest BCUT2D eigenvalue weighted by Gasteiger charge is 2.44. The average molecular weight is 391 g/mol. The molecule has 144 valence electrons. The molecule has 0 radical (unpaired) electrons. The van der Waals surface area contributed by atoms with Crippen LogP contribution in [0.15, 0.2) is 60.7 Å². The fourth-order valence-electron chi connectivity index (χ4n) is 3.70. The Bertz CT molecular complexity index is 944. The van der Waals surface area contributed by atoms with Crippen molar-refractivity contribution in [2.24, 2.45) is 0 Å². The van der Waals surface area contributed by atoms with Crippen molar-refractivity contribution in [1.29, 1.82) is 0 Å². The molecule has 2 aromatic carbocycles. The van der Waals surface area contributed by atoms with Crippen molar-refractivity contribution in [3.63, 3.8) is 0 Å². The molecule has 0 saturated carbocycles. The Labute approximate surface area is 159 Å². The third-order valence-electron chi connectivity index (χ3n) is 5.23. The zero-order valence-electron chi connectivity index (χ0n) is 15.4. The second kappa shape index (κ2) is 7.52. The van der Waals surface area contributed by atoms with Gasteiger partial charge in [-0.25, -0.2) is 17.2 Å². The molecule has 0 spiro atoms. The molecule has 1 aliphatic heterocycles. The van der Waals surface area contributed by atoms with Crippen LogP contribution in [-0.4, -0.2) is 37.4 Å². The number of hydrogen-bond donors (Lipinski definition) is 0. The Morgan fingerprint density at radius 2 is 1.85 bits per heavy atom. The number of halogens is 2. The molecule has 0 N–H and O–H groups in total. The van der Waals surface area contributed by atoms with Gasteiger partial charge in [-0.05, 0) is 30.7 Å². The molecule has 6 heteroatoms. The second-order valence-electron chi connectivity index (χ2n) is 6.83. The fraction of sp³-hybridized carbons (Fsp3) is 0.333. The molecule has 0 bridgehead atoms. The summed E-state index contributed by atoms with van der Waals surface area (Å²) in [4.78, 5) is 1.90. The number of sulfone groups is 1. The summed E-state index contributed by atoms with van der Waals surface area (Å²) < 4.78 is 53.5. The van der Waals surface area contributed by atoms with E-state index >= 15 is 0 Å². The van der Waals surface area contributed by atoms with Crippen molar-refractivity contribution in [1.82, 2.24) is 4.90 Å². The Hall–Kier alpha value is -2.05. The van der Waals surface area contributed by atoms with E-state index in [1.807, 2.05) is 47.4 Å². The van der Waals surface area contributed by atoms with Crippen LogP contribution in [-0.2, 0) is 15.4 Å². The molecule has 3 rings (SSSR count). The lowest BCUT2D eigenvalue weighted by Gasteiger charge is -2.40. The fourth-order valence-corrected chi connectivity index (χ4v) is 4.68. The van der Waals surface area contributed by atoms with Crippen LogP contribution in [0, 0.1) is 11.6 Å². The molecular weight excluding hydrogens is 368 g/mol. The van der Waals surface area contributed by atoms with E-state index in [4.69, 9.17) is 0 Å². The molecule has 2 unspecified atom stereocenters. The molecule has 2 aromatic rings. The summed E-state index contributed by atoms with van der Waals surface area (Å²) >= 11 is 0. The van der Waals surface area contributed by atoms with Gasteiger partial charge in [0.15, 0.2) is 9.84 Å². The monoisotopic (exact) mass is 391 g/mol. The van der Waals surface area contributed by atoms with Gasteiger partial charge in [0.1, 0.15) is 11.6 Å². The van der Waals surface area contributed by atoms with Crippen molar-refractivity contribution in [2.75, 3.05) is 18.8 Å². The Balaban J connectivity index is 2.15. The van der Waals surface area contributed by atoms with Gasteiger partial charge in [0, 0.05) is 24.4 Å². The summed E-state index contributed by atoms with van der Waals surface area (Å²) in [6.07, 6.45) is 3.72. The Morgan fingerprint density at radius 3 is 2.52 bits per heavy atom. The molecule has 27 heavy (non-hydrogen) atoms. The molecule has 0 saturated heterocycles. The van der Waals surface area contributed by atoms with Crippen molar-refractivity contribution < 1.29 is 17.2 Å². The predicted molar refractivity (Wildman–Crippen MR) is 103 cm³/mol. The maximum atomic E-state index is 14.8. The maximum Gasteiger partial charge on any atom is 0.153 e. The van der Waals surface area contributed by atoms with Gasteiger partial charge in [0.25, 0.3) is 0 Å². The van der Waals surface area contributed by atoms with Gasteiger partial charge < -0.3 is 0 Å². The van der Waals surface area contributed by atoms with Crippen LogP contribution in [0.4, 0.5) is 8.78 Å². The van der Waals surface area contributed by atoms with Gasteiger partial charge in [-0.15, -0.1) is 0 Å². The summed E-state index contributed by atoms with van der Waals surface area (Å²) in [5.74, 6) is -1.01. The van der Waals surface area contributed by atoms with Crippen LogP contribution in [0.3, 0.4) is 0 Å². The maximum absolute atomic E-state index is 14.8. The summed E-state index contributed by atoms with van der Waals surface area (Å²) in [5, 5.41) is -0.623. The molecule has 0 amide bonds. The predicted octanol–water partition coefficient (Wildman–Crippen LogP) is 3.90. The molecular formula is C21H23F2NO2S. The van der Waals surface area contributed by atoms with E-state index in [9.17, 15) is 17.2 Å². The third-order valence-corrected chi connectivity index (χ3v) is 7.41. The Kier molecular flexibility index (Phi) is 5.49. The first-order chi connectivity index (χ1) is 12.8. The molecule has 0 aromatic heterocycles. The lowest BCUT2D eigenvalue weighted by atomic mass is 9.82. The molecule has 3 nitrogen and oxygen atoms in total. The lowest BCUT2D eigenvalue weighted by molar-refractivity contribution is 0.198. The van der Waals surface area contributed by atoms with Crippen molar-refractivity contribution in [2.45, 2.75) is 24.6 Å². The van der Waals surface area contributed by atoms with E-state index in [-0.39, 0.29) is 17.9 Å². The first-order valence-corrected chi connectivity index (χ1v) is 10.7. The van der Waals surface area contributed by atoms with Gasteiger partial charge >= 0.3 is 0 Å². The number of rotatable bonds is 6. The first-order valence-electron chi connectivity index (χ1n) is 8.96. The third kappa shape index (κ3) is 3.56. The summed E-state index contributed by atoms with van der Waals surface area (Å²) in [7, 11) is -3.26. The van der Waals surface area contributed by atoms with Crippen LogP contribution in [0.5, 0.6) is 0 Å². The van der Waals surface area contributed by atoms with E-state index in [0.29, 0.717) is 6.54 Å². The van der Waals surface area contributed by atoms with Gasteiger partial charge in [0.05, 0.1) is 10.8 Å². The quantitative estimate of drug-likeness (QED) is 0.701. The van der Waals surface area contributed by atoms with Crippen LogP contribution in [0.25, 0.3) is 0 Å². The summed E-state index contributed by atoms with van der Waals surface area (Å²) in [6, 6.07) is 12.6. The minimum atomic E-state index is -3.26. The van der Waals surface area contributed by atoms with Crippen LogP contribution >= 0.6 is 0 Å². The molecule has 0 aliphatic carbocycles. The highest BCUT2D eigenvalue weighted by molar-refractivity contribution is 7.92. The average Bonchev–Trinajstić information content (AvgIpc) is 3.08. The minimum absolute atomic E-state index is 0.0437. The SMILES string of the molecule is CCS(=O)(=O)C(C)CN1CC=CC1(c1ccccc1)c1cc(F)ccc1F. The van der Waals surface area contributed by atoms with E-state index in [2.05, 4.69) is 0 Å². The van der Waals surface area contributed by atoms with E-state index in [1.54, 1.807) is 13.8 Å². The summed E-state index contributed by atoms with van der Waals surface area (Å²) in [6.45, 7) is 3.95. The lowest BCUT2D eigenvalue weighted by Crippen LogP contribution is -2.47. The summed E-state index contributed by atoms with van der Waals surface area (Å²) in [5.41, 5.74) is -0.0989. The standard InChI is InChI=1S/C21H23F2NO2S/c1-3-27(25,26)16(2)15-24-13-7-12-21(24,17-8-5-4-6-9-17)19-14-18(22)10-11-20(19)23/h4-12,14,16H,3,13,15H2,1-2H3. The van der Waals surface area contributed by atoms with Crippen molar-refractivity contribution in [3.05, 3.63) is 83.4 Å². The Morgan fingerprint density at radius 1 is 1.15 bits per heavy atom. The highest BCUT2D eigenvalue weighted by Crippen LogP contribution is 2.42. The van der Waals surface area contributed by atoms with Crippen LogP contribution in [0.1, 0.15) is 25.0 Å². The zero-order valence-corrected chi connectivity index (χ0v) is 16.2. The minimum Gasteiger partial charge on any atom is -0.282 e. The number of benzene rings is 2. The van der Waals surface area contributed by atoms with Crippen molar-refractivity contribution >= 4 is 9.84 Å². The van der Waals surface area contributed by atoms with E-state index in [1.165, 1.54) is 6.07 Å². The van der Waals surface area contributed by atoms with Crippen LogP contribution in [0.2, 0.25) is 0 Å². The number of hydrogen-bond acceptors (Lipinski definition) is 3. The van der Waals surface area contributed by atoms with Gasteiger partial charge in [-0.2, -0.15) is 0 Å². The van der Waals surface area contributed by atoms with E-state index < -0.39 is 32.3 Å². The largest absolute Gasteiger partial charge is 0.282 e. The first kappa shape index (κ1) is 19.7. The number of nitrogens with zero attached hydrogens (tertiary/aromatic N) is 1. The highest BCUT2D eigenvalue weighted by atomic mass is 32.2. The van der Waals surface area contributed by atoms with Gasteiger partial charge in [-0.1, -0.05) is 49.4 Å². The van der Waals surface area contributed by atoms with Crippen molar-refractivity contribution in [3.8, 4) is 0 Å². The molecule has 0 fully saturated rings. The van der Waals surface area contributed by atoms with E-state index in [0.717, 1.165) is 17.7 Å². The topological polar surface area (TPSA) is 37.4 Å². The van der Waals surface area contributed by atoms with Crippen LogP contribution < -0.4 is 0 Å². The molecule has 1 aliphatic rings. The molecule has 2 atom stereocenters. The smallest absolute Gasteiger partial charge is 0.153 e. The zero-order chi connectivity index (χ0) is 19.7. The second-order valence-corrected chi connectivity index (χ2v) is 9.53. The molecule has 1 heterocycles. The van der Waals surface area contributed by atoms with Gasteiger partial charge in [-0.3, -0.25) is 4.90 Å². The van der Waals surface area contributed by atoms with Gasteiger partial charge in [0.2, 0.25) is 0 Å². The normalized spacial score (nSPS) is 21.5.